The SMILES string of the molecule is COc1ccccc1OCC(=O)NCC(C)CCC(=O)O. The number of amides is 1. The molecule has 0 spiro atoms. The number of hydrogen-bond donors (Lipinski definition) is 2. The standard InChI is InChI=1S/C15H21NO5/c1-11(7-8-15(18)19)9-16-14(17)10-21-13-6-4-3-5-12(13)20-2/h3-6,11H,7-10H2,1-2H3,(H,16,17)(H,18,19). The van der Waals surface area contributed by atoms with Crippen molar-refractivity contribution in [2.75, 3.05) is 20.3 Å². The van der Waals surface area contributed by atoms with Gasteiger partial charge in [-0.25, -0.2) is 0 Å². The van der Waals surface area contributed by atoms with Gasteiger partial charge < -0.3 is 19.9 Å². The van der Waals surface area contributed by atoms with Gasteiger partial charge in [-0.15, -0.1) is 0 Å². The first-order chi connectivity index (χ1) is 10.0. The van der Waals surface area contributed by atoms with Crippen molar-refractivity contribution in [2.45, 2.75) is 19.8 Å². The lowest BCUT2D eigenvalue weighted by Gasteiger charge is -2.13. The van der Waals surface area contributed by atoms with Crippen molar-refractivity contribution in [3.05, 3.63) is 24.3 Å². The van der Waals surface area contributed by atoms with Gasteiger partial charge in [-0.1, -0.05) is 19.1 Å². The Kier molecular flexibility index (Phi) is 7.08. The molecule has 0 saturated heterocycles. The molecule has 0 bridgehead atoms. The lowest BCUT2D eigenvalue weighted by molar-refractivity contribution is -0.137. The Hall–Kier alpha value is -2.24. The van der Waals surface area contributed by atoms with E-state index in [0.29, 0.717) is 24.5 Å². The molecule has 21 heavy (non-hydrogen) atoms. The zero-order valence-electron chi connectivity index (χ0n) is 12.3. The number of carbonyl (C=O) groups excluding carboxylic acids is 1. The second-order valence-corrected chi connectivity index (χ2v) is 4.78. The number of para-hydroxylation sites is 2. The van der Waals surface area contributed by atoms with Crippen LogP contribution in [0.15, 0.2) is 24.3 Å². The van der Waals surface area contributed by atoms with Crippen molar-refractivity contribution < 1.29 is 24.2 Å². The monoisotopic (exact) mass is 295 g/mol. The van der Waals surface area contributed by atoms with Gasteiger partial charge in [0, 0.05) is 13.0 Å². The van der Waals surface area contributed by atoms with Crippen LogP contribution < -0.4 is 14.8 Å². The van der Waals surface area contributed by atoms with E-state index in [1.807, 2.05) is 13.0 Å². The molecule has 1 atom stereocenters. The maximum Gasteiger partial charge on any atom is 0.303 e. The average Bonchev–Trinajstić information content (AvgIpc) is 2.49. The van der Waals surface area contributed by atoms with Gasteiger partial charge in [0.1, 0.15) is 0 Å². The van der Waals surface area contributed by atoms with Gasteiger partial charge in [0.05, 0.1) is 7.11 Å². The number of methoxy groups -OCH3 is 1. The van der Waals surface area contributed by atoms with Crippen molar-refractivity contribution in [3.8, 4) is 11.5 Å². The first kappa shape index (κ1) is 16.8. The van der Waals surface area contributed by atoms with Crippen LogP contribution in [0.5, 0.6) is 11.5 Å². The number of aliphatic carboxylic acids is 1. The van der Waals surface area contributed by atoms with Crippen molar-refractivity contribution in [1.29, 1.82) is 0 Å². The van der Waals surface area contributed by atoms with E-state index in [0.717, 1.165) is 0 Å². The molecule has 2 N–H and O–H groups in total. The minimum atomic E-state index is -0.826. The van der Waals surface area contributed by atoms with Crippen LogP contribution in [0.3, 0.4) is 0 Å². The summed E-state index contributed by atoms with van der Waals surface area (Å²) >= 11 is 0. The van der Waals surface area contributed by atoms with Gasteiger partial charge in [-0.05, 0) is 24.5 Å². The summed E-state index contributed by atoms with van der Waals surface area (Å²) in [6, 6.07) is 7.09. The van der Waals surface area contributed by atoms with E-state index < -0.39 is 5.97 Å². The Balaban J connectivity index is 2.29. The molecule has 0 aromatic heterocycles. The summed E-state index contributed by atoms with van der Waals surface area (Å²) in [6.45, 7) is 2.22. The molecule has 116 valence electrons. The third-order valence-electron chi connectivity index (χ3n) is 2.93. The summed E-state index contributed by atoms with van der Waals surface area (Å²) in [5.74, 6) is 0.112. The second kappa shape index (κ2) is 8.84. The van der Waals surface area contributed by atoms with Crippen molar-refractivity contribution >= 4 is 11.9 Å². The summed E-state index contributed by atoms with van der Waals surface area (Å²) < 4.78 is 10.5. The zero-order valence-corrected chi connectivity index (χ0v) is 12.3. The molecule has 0 aliphatic heterocycles. The Morgan fingerprint density at radius 1 is 1.29 bits per heavy atom. The van der Waals surface area contributed by atoms with Crippen LogP contribution >= 0.6 is 0 Å². The Morgan fingerprint density at radius 2 is 1.95 bits per heavy atom. The quantitative estimate of drug-likeness (QED) is 0.724. The predicted molar refractivity (Wildman–Crippen MR) is 77.5 cm³/mol. The minimum absolute atomic E-state index is 0.105. The molecule has 1 rings (SSSR count). The molecule has 1 aromatic carbocycles. The molecule has 0 heterocycles. The van der Waals surface area contributed by atoms with E-state index in [9.17, 15) is 9.59 Å². The largest absolute Gasteiger partial charge is 0.493 e. The third kappa shape index (κ3) is 6.65. The third-order valence-corrected chi connectivity index (χ3v) is 2.93. The number of hydrogen-bond acceptors (Lipinski definition) is 4. The van der Waals surface area contributed by atoms with E-state index in [4.69, 9.17) is 14.6 Å². The molecular formula is C15H21NO5. The summed E-state index contributed by atoms with van der Waals surface area (Å²) in [5.41, 5.74) is 0. The van der Waals surface area contributed by atoms with Gasteiger partial charge in [0.2, 0.25) is 0 Å². The first-order valence-corrected chi connectivity index (χ1v) is 6.77. The van der Waals surface area contributed by atoms with Gasteiger partial charge in [-0.3, -0.25) is 9.59 Å². The fraction of sp³-hybridized carbons (Fsp3) is 0.467. The highest BCUT2D eigenvalue weighted by Crippen LogP contribution is 2.25. The second-order valence-electron chi connectivity index (χ2n) is 4.78. The number of nitrogens with one attached hydrogen (secondary N) is 1. The maximum atomic E-state index is 11.7. The van der Waals surface area contributed by atoms with Crippen molar-refractivity contribution in [1.82, 2.24) is 5.32 Å². The Labute approximate surface area is 124 Å². The molecule has 1 aromatic rings. The van der Waals surface area contributed by atoms with E-state index in [2.05, 4.69) is 5.32 Å². The van der Waals surface area contributed by atoms with Gasteiger partial charge in [-0.2, -0.15) is 0 Å². The van der Waals surface area contributed by atoms with E-state index in [1.54, 1.807) is 18.2 Å². The number of benzene rings is 1. The number of carboxylic acid groups (broad SMARTS) is 1. The summed E-state index contributed by atoms with van der Waals surface area (Å²) in [4.78, 5) is 22.1. The van der Waals surface area contributed by atoms with Crippen molar-refractivity contribution in [3.63, 3.8) is 0 Å². The van der Waals surface area contributed by atoms with E-state index in [1.165, 1.54) is 7.11 Å². The van der Waals surface area contributed by atoms with Gasteiger partial charge in [0.15, 0.2) is 18.1 Å². The number of carboxylic acids is 1. The van der Waals surface area contributed by atoms with Crippen LogP contribution in [-0.4, -0.2) is 37.2 Å². The van der Waals surface area contributed by atoms with Crippen LogP contribution in [0.25, 0.3) is 0 Å². The van der Waals surface area contributed by atoms with E-state index >= 15 is 0 Å². The molecule has 0 aliphatic rings. The smallest absolute Gasteiger partial charge is 0.303 e. The maximum absolute atomic E-state index is 11.7. The van der Waals surface area contributed by atoms with Crippen LogP contribution in [0.1, 0.15) is 19.8 Å². The van der Waals surface area contributed by atoms with Crippen LogP contribution in [-0.2, 0) is 9.59 Å². The lowest BCUT2D eigenvalue weighted by Crippen LogP contribution is -2.32. The predicted octanol–water partition coefficient (Wildman–Crippen LogP) is 1.69. The number of ether oxygens (including phenoxy) is 2. The Bertz CT molecular complexity index is 475. The molecule has 0 radical (unpaired) electrons. The fourth-order valence-electron chi connectivity index (χ4n) is 1.69. The van der Waals surface area contributed by atoms with E-state index in [-0.39, 0.29) is 24.9 Å². The summed E-state index contributed by atoms with van der Waals surface area (Å²) in [6.07, 6.45) is 0.637. The summed E-state index contributed by atoms with van der Waals surface area (Å²) in [7, 11) is 1.53. The highest BCUT2D eigenvalue weighted by Gasteiger charge is 2.09. The zero-order chi connectivity index (χ0) is 15.7. The van der Waals surface area contributed by atoms with Crippen LogP contribution in [0.2, 0.25) is 0 Å². The molecule has 6 heteroatoms. The highest BCUT2D eigenvalue weighted by molar-refractivity contribution is 5.77. The molecule has 6 nitrogen and oxygen atoms in total. The number of carbonyl (C=O) groups is 2. The van der Waals surface area contributed by atoms with Crippen LogP contribution in [0.4, 0.5) is 0 Å². The molecule has 0 saturated carbocycles. The van der Waals surface area contributed by atoms with Crippen molar-refractivity contribution in [2.24, 2.45) is 5.92 Å². The normalized spacial score (nSPS) is 11.5. The van der Waals surface area contributed by atoms with Gasteiger partial charge >= 0.3 is 5.97 Å². The minimum Gasteiger partial charge on any atom is -0.493 e. The van der Waals surface area contributed by atoms with Crippen LogP contribution in [0, 0.1) is 5.92 Å². The topological polar surface area (TPSA) is 84.9 Å². The molecule has 0 aliphatic carbocycles. The molecule has 1 amide bonds. The summed E-state index contributed by atoms with van der Waals surface area (Å²) in [5, 5.41) is 11.3. The molecule has 1 unspecified atom stereocenters. The average molecular weight is 295 g/mol. The first-order valence-electron chi connectivity index (χ1n) is 6.77. The number of rotatable bonds is 9. The molecular weight excluding hydrogens is 274 g/mol. The fourth-order valence-corrected chi connectivity index (χ4v) is 1.69. The van der Waals surface area contributed by atoms with Gasteiger partial charge in [0.25, 0.3) is 5.91 Å². The highest BCUT2D eigenvalue weighted by atomic mass is 16.5. The Morgan fingerprint density at radius 3 is 2.57 bits per heavy atom. The lowest BCUT2D eigenvalue weighted by atomic mass is 10.1. The molecule has 0 fully saturated rings.